The highest BCUT2D eigenvalue weighted by atomic mass is 35.5. The largest absolute Gasteiger partial charge is 0.481 e. The van der Waals surface area contributed by atoms with Gasteiger partial charge in [0, 0.05) is 24.4 Å². The molecule has 0 aliphatic heterocycles. The number of aliphatic carboxylic acids is 1. The SMILES string of the molecule is CC(C)Cn1c(CCCCC(=O)O)nc2cc(Cl)ccc21. The molecule has 4 nitrogen and oxygen atoms in total. The van der Waals surface area contributed by atoms with E-state index < -0.39 is 5.97 Å². The molecule has 0 saturated carbocycles. The second-order valence-electron chi connectivity index (χ2n) is 5.77. The maximum Gasteiger partial charge on any atom is 0.303 e. The number of halogens is 1. The number of hydrogen-bond acceptors (Lipinski definition) is 2. The molecule has 0 atom stereocenters. The molecule has 0 aliphatic rings. The summed E-state index contributed by atoms with van der Waals surface area (Å²) in [6.07, 6.45) is 2.53. The third-order valence-corrected chi connectivity index (χ3v) is 3.61. The number of hydrogen-bond donors (Lipinski definition) is 1. The summed E-state index contributed by atoms with van der Waals surface area (Å²) in [6, 6.07) is 5.78. The number of unbranched alkanes of at least 4 members (excludes halogenated alkanes) is 1. The number of carboxylic acid groups (broad SMARTS) is 1. The molecule has 114 valence electrons. The number of aromatic nitrogens is 2. The van der Waals surface area contributed by atoms with Gasteiger partial charge >= 0.3 is 5.97 Å². The van der Waals surface area contributed by atoms with Crippen molar-refractivity contribution < 1.29 is 9.90 Å². The van der Waals surface area contributed by atoms with Crippen molar-refractivity contribution in [3.05, 3.63) is 29.0 Å². The Morgan fingerprint density at radius 3 is 2.81 bits per heavy atom. The molecule has 2 aromatic rings. The van der Waals surface area contributed by atoms with Gasteiger partial charge in [0.15, 0.2) is 0 Å². The van der Waals surface area contributed by atoms with Crippen LogP contribution in [0.25, 0.3) is 11.0 Å². The number of fused-ring (bicyclic) bond motifs is 1. The van der Waals surface area contributed by atoms with Gasteiger partial charge in [-0.1, -0.05) is 25.4 Å². The van der Waals surface area contributed by atoms with Crippen LogP contribution in [0.3, 0.4) is 0 Å². The van der Waals surface area contributed by atoms with E-state index in [1.165, 1.54) is 0 Å². The molecule has 21 heavy (non-hydrogen) atoms. The molecule has 0 saturated heterocycles. The van der Waals surface area contributed by atoms with Crippen LogP contribution >= 0.6 is 11.6 Å². The Bertz CT molecular complexity index is 634. The molecule has 1 aromatic heterocycles. The van der Waals surface area contributed by atoms with Crippen molar-refractivity contribution in [1.29, 1.82) is 0 Å². The summed E-state index contributed by atoms with van der Waals surface area (Å²) in [5.41, 5.74) is 2.01. The summed E-state index contributed by atoms with van der Waals surface area (Å²) in [6.45, 7) is 5.26. The molecular formula is C16H21ClN2O2. The van der Waals surface area contributed by atoms with Gasteiger partial charge in [0.05, 0.1) is 11.0 Å². The van der Waals surface area contributed by atoms with Crippen molar-refractivity contribution >= 4 is 28.6 Å². The lowest BCUT2D eigenvalue weighted by atomic mass is 10.1. The highest BCUT2D eigenvalue weighted by molar-refractivity contribution is 6.31. The number of aryl methyl sites for hydroxylation is 1. The predicted octanol–water partition coefficient (Wildman–Crippen LogP) is 4.14. The van der Waals surface area contributed by atoms with Gasteiger partial charge < -0.3 is 9.67 Å². The van der Waals surface area contributed by atoms with E-state index in [1.54, 1.807) is 0 Å². The third kappa shape index (κ3) is 4.21. The van der Waals surface area contributed by atoms with E-state index in [1.807, 2.05) is 18.2 Å². The Morgan fingerprint density at radius 2 is 2.14 bits per heavy atom. The normalized spacial score (nSPS) is 11.4. The molecule has 0 spiro atoms. The molecule has 0 amide bonds. The Labute approximate surface area is 129 Å². The highest BCUT2D eigenvalue weighted by Gasteiger charge is 2.12. The van der Waals surface area contributed by atoms with Crippen LogP contribution < -0.4 is 0 Å². The zero-order chi connectivity index (χ0) is 15.4. The monoisotopic (exact) mass is 308 g/mol. The van der Waals surface area contributed by atoms with E-state index >= 15 is 0 Å². The van der Waals surface area contributed by atoms with Crippen LogP contribution in [0.4, 0.5) is 0 Å². The number of nitrogens with zero attached hydrogens (tertiary/aromatic N) is 2. The molecule has 1 N–H and O–H groups in total. The first-order valence-corrected chi connectivity index (χ1v) is 7.71. The van der Waals surface area contributed by atoms with Crippen LogP contribution in [-0.2, 0) is 17.8 Å². The maximum atomic E-state index is 10.6. The first-order valence-electron chi connectivity index (χ1n) is 7.34. The van der Waals surface area contributed by atoms with Crippen LogP contribution in [0, 0.1) is 5.92 Å². The first-order chi connectivity index (χ1) is 9.97. The summed E-state index contributed by atoms with van der Waals surface area (Å²) in [5.74, 6) is 0.805. The summed E-state index contributed by atoms with van der Waals surface area (Å²) in [4.78, 5) is 15.2. The van der Waals surface area contributed by atoms with Crippen LogP contribution in [0.15, 0.2) is 18.2 Å². The molecule has 1 aromatic carbocycles. The maximum absolute atomic E-state index is 10.6. The predicted molar refractivity (Wildman–Crippen MR) is 84.8 cm³/mol. The van der Waals surface area contributed by atoms with Crippen molar-refractivity contribution in [3.63, 3.8) is 0 Å². The van der Waals surface area contributed by atoms with Gasteiger partial charge in [-0.15, -0.1) is 0 Å². The lowest BCUT2D eigenvalue weighted by Crippen LogP contribution is -2.09. The number of rotatable bonds is 7. The molecule has 2 rings (SSSR count). The fourth-order valence-electron chi connectivity index (χ4n) is 2.47. The molecule has 0 bridgehead atoms. The van der Waals surface area contributed by atoms with E-state index in [0.717, 1.165) is 36.2 Å². The minimum absolute atomic E-state index is 0.218. The fourth-order valence-corrected chi connectivity index (χ4v) is 2.64. The van der Waals surface area contributed by atoms with Crippen molar-refractivity contribution in [1.82, 2.24) is 9.55 Å². The molecule has 1 heterocycles. The Morgan fingerprint density at radius 1 is 1.38 bits per heavy atom. The Balaban J connectivity index is 2.21. The van der Waals surface area contributed by atoms with E-state index in [0.29, 0.717) is 17.4 Å². The molecule has 5 heteroatoms. The van der Waals surface area contributed by atoms with E-state index in [-0.39, 0.29) is 6.42 Å². The average Bonchev–Trinajstić information content (AvgIpc) is 2.71. The van der Waals surface area contributed by atoms with Crippen molar-refractivity contribution in [2.24, 2.45) is 5.92 Å². The van der Waals surface area contributed by atoms with Gasteiger partial charge in [-0.3, -0.25) is 4.79 Å². The molecule has 0 radical (unpaired) electrons. The summed E-state index contributed by atoms with van der Waals surface area (Å²) >= 11 is 6.03. The second kappa shape index (κ2) is 6.94. The minimum atomic E-state index is -0.738. The number of imidazole rings is 1. The zero-order valence-corrected chi connectivity index (χ0v) is 13.2. The van der Waals surface area contributed by atoms with Crippen LogP contribution in [0.5, 0.6) is 0 Å². The van der Waals surface area contributed by atoms with E-state index in [4.69, 9.17) is 16.7 Å². The summed E-state index contributed by atoms with van der Waals surface area (Å²) in [5, 5.41) is 9.38. The van der Waals surface area contributed by atoms with Crippen molar-refractivity contribution in [3.8, 4) is 0 Å². The quantitative estimate of drug-likeness (QED) is 0.782. The standard InChI is InChI=1S/C16H21ClN2O2/c1-11(2)10-19-14-8-7-12(17)9-13(14)18-15(19)5-3-4-6-16(20)21/h7-9,11H,3-6,10H2,1-2H3,(H,20,21). The van der Waals surface area contributed by atoms with Gasteiger partial charge in [-0.25, -0.2) is 4.98 Å². The van der Waals surface area contributed by atoms with Crippen LogP contribution in [0.1, 0.15) is 38.9 Å². The number of carboxylic acids is 1. The lowest BCUT2D eigenvalue weighted by molar-refractivity contribution is -0.137. The number of benzene rings is 1. The lowest BCUT2D eigenvalue weighted by Gasteiger charge is -2.11. The number of carbonyl (C=O) groups is 1. The van der Waals surface area contributed by atoms with Gasteiger partial charge in [-0.05, 0) is 37.0 Å². The van der Waals surface area contributed by atoms with Crippen LogP contribution in [-0.4, -0.2) is 20.6 Å². The molecule has 0 fully saturated rings. The Kier molecular flexibility index (Phi) is 5.23. The average molecular weight is 309 g/mol. The third-order valence-electron chi connectivity index (χ3n) is 3.38. The fraction of sp³-hybridized carbons (Fsp3) is 0.500. The van der Waals surface area contributed by atoms with Crippen molar-refractivity contribution in [2.45, 2.75) is 46.1 Å². The van der Waals surface area contributed by atoms with Gasteiger partial charge in [0.2, 0.25) is 0 Å². The van der Waals surface area contributed by atoms with E-state index in [9.17, 15) is 4.79 Å². The van der Waals surface area contributed by atoms with Crippen molar-refractivity contribution in [2.75, 3.05) is 0 Å². The van der Waals surface area contributed by atoms with Gasteiger partial charge in [0.1, 0.15) is 5.82 Å². The highest BCUT2D eigenvalue weighted by Crippen LogP contribution is 2.22. The van der Waals surface area contributed by atoms with E-state index in [2.05, 4.69) is 23.4 Å². The van der Waals surface area contributed by atoms with Crippen LogP contribution in [0.2, 0.25) is 5.02 Å². The molecular weight excluding hydrogens is 288 g/mol. The second-order valence-corrected chi connectivity index (χ2v) is 6.20. The molecule has 0 unspecified atom stereocenters. The first kappa shape index (κ1) is 15.8. The molecule has 0 aliphatic carbocycles. The summed E-state index contributed by atoms with van der Waals surface area (Å²) < 4.78 is 2.23. The van der Waals surface area contributed by atoms with Gasteiger partial charge in [0.25, 0.3) is 0 Å². The Hall–Kier alpha value is -1.55. The minimum Gasteiger partial charge on any atom is -0.481 e. The summed E-state index contributed by atoms with van der Waals surface area (Å²) in [7, 11) is 0. The smallest absolute Gasteiger partial charge is 0.303 e. The topological polar surface area (TPSA) is 55.1 Å². The van der Waals surface area contributed by atoms with Gasteiger partial charge in [-0.2, -0.15) is 0 Å². The zero-order valence-electron chi connectivity index (χ0n) is 12.5.